The summed E-state index contributed by atoms with van der Waals surface area (Å²) in [6, 6.07) is 18.9. The van der Waals surface area contributed by atoms with E-state index in [1.807, 2.05) is 75.5 Å². The molecule has 0 N–H and O–H groups in total. The van der Waals surface area contributed by atoms with Crippen molar-refractivity contribution in [3.05, 3.63) is 194 Å². The molecule has 366 valence electrons. The van der Waals surface area contributed by atoms with E-state index in [1.165, 1.54) is 0 Å². The van der Waals surface area contributed by atoms with Crippen LogP contribution in [0.2, 0.25) is 0 Å². The highest BCUT2D eigenvalue weighted by Gasteiger charge is 2.52. The van der Waals surface area contributed by atoms with E-state index in [2.05, 4.69) is 0 Å². The molecule has 1 heterocycles. The number of pyridine rings is 1. The Bertz CT molecular complexity index is 2940. The number of benzene rings is 6. The largest absolute Gasteiger partial charge is 0.287 e. The Hall–Kier alpha value is -7.27. The van der Waals surface area contributed by atoms with Gasteiger partial charge in [-0.3, -0.25) is 9.59 Å². The van der Waals surface area contributed by atoms with E-state index >= 15 is 35.1 Å². The summed E-state index contributed by atoms with van der Waals surface area (Å²) in [4.78, 5) is 25.7. The van der Waals surface area contributed by atoms with Gasteiger partial charge in [0.1, 0.15) is 52.7 Å². The van der Waals surface area contributed by atoms with Crippen molar-refractivity contribution in [3.8, 4) is 0 Å². The average molecular weight is 1010 g/mol. The Morgan fingerprint density at radius 3 is 1.00 bits per heavy atom. The molecule has 0 saturated heterocycles. The number of hydrogen-bond acceptors (Lipinski definition) is 2. The first kappa shape index (κ1) is 52.1. The van der Waals surface area contributed by atoms with Gasteiger partial charge < -0.3 is 0 Å². The third kappa shape index (κ3) is 8.18. The number of carbonyl (C=O) groups is 2. The van der Waals surface area contributed by atoms with Gasteiger partial charge in [-0.1, -0.05) is 69.3 Å². The molecule has 0 atom stereocenters. The Kier molecular flexibility index (Phi) is 14.1. The fourth-order valence-corrected chi connectivity index (χ4v) is 7.74. The Labute approximate surface area is 379 Å². The lowest BCUT2D eigenvalue weighted by Crippen LogP contribution is -2.81. The smallest absolute Gasteiger partial charge is 0.257 e. The first-order valence-corrected chi connectivity index (χ1v) is 19.4. The molecule has 0 bridgehead atoms. The SMILES string of the molecule is CC(C)(C)C(=O)c1c2ccccc2cc[n+]1CC(=O)c1ccccc1.Fc1c(F)c(F)c([B-](c2c(F)c(F)c(F)c(F)c2F)(c2c(F)c(F)c(F)c(F)c2F)c2c(F)c(F)c(F)c(F)c2F)c(F)c1F. The highest BCUT2D eigenvalue weighted by atomic mass is 19.2. The second-order valence-corrected chi connectivity index (χ2v) is 16.0. The fourth-order valence-electron chi connectivity index (χ4n) is 7.74. The molecular weight excluding hydrogens is 989 g/mol. The maximum absolute atomic E-state index is 15.4. The topological polar surface area (TPSA) is 38.0 Å². The van der Waals surface area contributed by atoms with Crippen molar-refractivity contribution >= 4 is 50.3 Å². The summed E-state index contributed by atoms with van der Waals surface area (Å²) in [5.41, 5.74) is -13.6. The first-order chi connectivity index (χ1) is 32.6. The predicted molar refractivity (Wildman–Crippen MR) is 208 cm³/mol. The lowest BCUT2D eigenvalue weighted by atomic mass is 9.12. The summed E-state index contributed by atoms with van der Waals surface area (Å²) in [5.74, 6) is -71.4. The van der Waals surface area contributed by atoms with Crippen molar-refractivity contribution < 1.29 is 102 Å². The molecular formula is C46H22BF20NO2. The van der Waals surface area contributed by atoms with Crippen molar-refractivity contribution in [2.24, 2.45) is 5.41 Å². The number of hydrogen-bond donors (Lipinski definition) is 0. The molecule has 0 radical (unpaired) electrons. The third-order valence-electron chi connectivity index (χ3n) is 11.0. The van der Waals surface area contributed by atoms with Gasteiger partial charge in [-0.15, -0.1) is 21.9 Å². The number of ketones is 2. The van der Waals surface area contributed by atoms with Gasteiger partial charge in [-0.25, -0.2) is 87.8 Å². The molecule has 0 saturated carbocycles. The van der Waals surface area contributed by atoms with Gasteiger partial charge in [0.15, 0.2) is 76.0 Å². The van der Waals surface area contributed by atoms with Gasteiger partial charge in [-0.05, 0) is 11.5 Å². The predicted octanol–water partition coefficient (Wildman–Crippen LogP) is 10.1. The highest BCUT2D eigenvalue weighted by Crippen LogP contribution is 2.31. The van der Waals surface area contributed by atoms with Crippen LogP contribution in [0.25, 0.3) is 10.8 Å². The van der Waals surface area contributed by atoms with Crippen molar-refractivity contribution in [2.75, 3.05) is 0 Å². The fraction of sp³-hybridized carbons (Fsp3) is 0.109. The number of aromatic nitrogens is 1. The molecule has 7 aromatic rings. The number of carbonyl (C=O) groups excluding carboxylic acids is 2. The lowest BCUT2D eigenvalue weighted by Gasteiger charge is -2.44. The standard InChI is InChI=1S/C24BF20.C22H22NO2/c26-5-1(6(27)14(35)21(42)13(5)34)25(2-7(28)15(36)22(43)16(37)8(2)29,3-9(30)17(38)23(44)18(39)10(3)31)4-11(32)19(40)24(45)20(41)12(4)33;1-22(2,3)21(25)20-18-12-8-7-9-16(18)13-14-23(20)15-19(24)17-10-5-4-6-11-17/h;4-14H,15H2,1-3H3/q-1;+1. The zero-order valence-electron chi connectivity index (χ0n) is 35.0. The molecule has 0 fully saturated rings. The maximum atomic E-state index is 15.4. The van der Waals surface area contributed by atoms with Crippen LogP contribution in [0.4, 0.5) is 87.8 Å². The summed E-state index contributed by atoms with van der Waals surface area (Å²) in [7, 11) is 0. The Balaban J connectivity index is 0.000000270. The highest BCUT2D eigenvalue weighted by molar-refractivity contribution is 7.20. The molecule has 0 aliphatic heterocycles. The maximum Gasteiger partial charge on any atom is 0.257 e. The van der Waals surface area contributed by atoms with Crippen molar-refractivity contribution in [3.63, 3.8) is 0 Å². The zero-order valence-corrected chi connectivity index (χ0v) is 35.0. The number of rotatable bonds is 8. The van der Waals surface area contributed by atoms with Crippen LogP contribution in [-0.4, -0.2) is 17.7 Å². The first-order valence-electron chi connectivity index (χ1n) is 19.4. The molecule has 0 unspecified atom stereocenters. The van der Waals surface area contributed by atoms with Crippen LogP contribution in [0, 0.1) is 122 Å². The third-order valence-corrected chi connectivity index (χ3v) is 11.0. The van der Waals surface area contributed by atoms with Crippen molar-refractivity contribution in [1.82, 2.24) is 0 Å². The minimum atomic E-state index is -7.22. The van der Waals surface area contributed by atoms with Crippen LogP contribution in [0.15, 0.2) is 66.9 Å². The lowest BCUT2D eigenvalue weighted by molar-refractivity contribution is -0.683. The van der Waals surface area contributed by atoms with Crippen molar-refractivity contribution in [2.45, 2.75) is 27.3 Å². The Morgan fingerprint density at radius 2 is 0.686 bits per heavy atom. The molecule has 0 aliphatic rings. The van der Waals surface area contributed by atoms with Gasteiger partial charge in [0.25, 0.3) is 5.69 Å². The van der Waals surface area contributed by atoms with Gasteiger partial charge in [0, 0.05) is 17.0 Å². The van der Waals surface area contributed by atoms with E-state index < -0.39 is 150 Å². The van der Waals surface area contributed by atoms with Crippen LogP contribution >= 0.6 is 0 Å². The van der Waals surface area contributed by atoms with E-state index in [-0.39, 0.29) is 18.1 Å². The Morgan fingerprint density at radius 1 is 0.400 bits per heavy atom. The normalized spacial score (nSPS) is 11.8. The van der Waals surface area contributed by atoms with Gasteiger partial charge in [0.05, 0.1) is 5.39 Å². The number of Topliss-reactive ketones (excluding diaryl/α,β-unsaturated/α-hetero) is 2. The number of nitrogens with zero attached hydrogens (tertiary/aromatic N) is 1. The second-order valence-electron chi connectivity index (χ2n) is 16.0. The summed E-state index contributed by atoms with van der Waals surface area (Å²) in [5, 5.41) is 1.88. The molecule has 3 nitrogen and oxygen atoms in total. The molecule has 6 aromatic carbocycles. The molecule has 70 heavy (non-hydrogen) atoms. The molecule has 0 spiro atoms. The molecule has 24 heteroatoms. The minimum Gasteiger partial charge on any atom is -0.287 e. The average Bonchev–Trinajstić information content (AvgIpc) is 3.33. The zero-order chi connectivity index (χ0) is 52.4. The summed E-state index contributed by atoms with van der Waals surface area (Å²) < 4.78 is 296. The van der Waals surface area contributed by atoms with Gasteiger partial charge >= 0.3 is 0 Å². The van der Waals surface area contributed by atoms with E-state index in [1.54, 1.807) is 16.7 Å². The van der Waals surface area contributed by atoms with Crippen LogP contribution in [0.1, 0.15) is 41.6 Å². The van der Waals surface area contributed by atoms with Crippen LogP contribution in [0.5, 0.6) is 0 Å². The monoisotopic (exact) mass is 1010 g/mol. The quantitative estimate of drug-likeness (QED) is 0.0380. The van der Waals surface area contributed by atoms with E-state index in [0.29, 0.717) is 11.3 Å². The molecule has 0 amide bonds. The van der Waals surface area contributed by atoms with E-state index in [9.17, 15) is 62.3 Å². The van der Waals surface area contributed by atoms with Crippen LogP contribution in [-0.2, 0) is 6.54 Å². The summed E-state index contributed by atoms with van der Waals surface area (Å²) >= 11 is 0. The molecule has 1 aromatic heterocycles. The molecule has 7 rings (SSSR count). The minimum absolute atomic E-state index is 0.0103. The van der Waals surface area contributed by atoms with Gasteiger partial charge in [0.2, 0.25) is 18.1 Å². The van der Waals surface area contributed by atoms with Crippen molar-refractivity contribution in [1.29, 1.82) is 0 Å². The number of halogens is 20. The molecule has 0 aliphatic carbocycles. The van der Waals surface area contributed by atoms with Crippen LogP contribution < -0.4 is 26.4 Å². The van der Waals surface area contributed by atoms with E-state index in [4.69, 9.17) is 0 Å². The van der Waals surface area contributed by atoms with Crippen LogP contribution in [0.3, 0.4) is 0 Å². The number of fused-ring (bicyclic) bond motifs is 1. The second kappa shape index (κ2) is 18.9. The summed E-state index contributed by atoms with van der Waals surface area (Å²) in [6.45, 7) is 5.85. The van der Waals surface area contributed by atoms with Gasteiger partial charge in [-0.2, -0.15) is 4.57 Å². The van der Waals surface area contributed by atoms with E-state index in [0.717, 1.165) is 10.8 Å². The summed E-state index contributed by atoms with van der Waals surface area (Å²) in [6.07, 6.45) is -5.38.